The lowest BCUT2D eigenvalue weighted by atomic mass is 10.2. The Morgan fingerprint density at radius 2 is 1.93 bits per heavy atom. The first-order chi connectivity index (χ1) is 6.61. The highest BCUT2D eigenvalue weighted by molar-refractivity contribution is 9.11. The van der Waals surface area contributed by atoms with Crippen LogP contribution in [0.15, 0.2) is 27.1 Å². The molecule has 1 rings (SSSR count). The molecule has 0 aliphatic heterocycles. The third-order valence-electron chi connectivity index (χ3n) is 1.53. The zero-order valence-electron chi connectivity index (χ0n) is 7.17. The first-order valence-electron chi connectivity index (χ1n) is 3.83. The standard InChI is InChI=1S/C9H8Br2O2S/c10-7-2-1-3-8(11)6(7)4-14-5-9(12)13/h1-3H,4-5H2,(H,12,13). The smallest absolute Gasteiger partial charge is 0.313 e. The summed E-state index contributed by atoms with van der Waals surface area (Å²) in [5.74, 6) is 0.0420. The van der Waals surface area contributed by atoms with E-state index in [1.807, 2.05) is 18.2 Å². The van der Waals surface area contributed by atoms with Gasteiger partial charge in [-0.2, -0.15) is 0 Å². The van der Waals surface area contributed by atoms with E-state index in [0.717, 1.165) is 14.5 Å². The molecule has 1 aromatic rings. The summed E-state index contributed by atoms with van der Waals surface area (Å²) in [5, 5.41) is 8.49. The maximum atomic E-state index is 10.3. The van der Waals surface area contributed by atoms with Crippen molar-refractivity contribution in [2.45, 2.75) is 5.75 Å². The number of carbonyl (C=O) groups is 1. The number of thioether (sulfide) groups is 1. The van der Waals surface area contributed by atoms with Crippen LogP contribution in [0.5, 0.6) is 0 Å². The first-order valence-corrected chi connectivity index (χ1v) is 6.57. The topological polar surface area (TPSA) is 37.3 Å². The molecule has 14 heavy (non-hydrogen) atoms. The minimum absolute atomic E-state index is 0.133. The second kappa shape index (κ2) is 5.78. The van der Waals surface area contributed by atoms with Gasteiger partial charge >= 0.3 is 5.97 Å². The van der Waals surface area contributed by atoms with E-state index in [4.69, 9.17) is 5.11 Å². The van der Waals surface area contributed by atoms with Crippen molar-refractivity contribution < 1.29 is 9.90 Å². The van der Waals surface area contributed by atoms with Crippen molar-refractivity contribution in [1.29, 1.82) is 0 Å². The fourth-order valence-corrected chi connectivity index (χ4v) is 3.35. The van der Waals surface area contributed by atoms with Crippen LogP contribution in [0.1, 0.15) is 5.56 Å². The lowest BCUT2D eigenvalue weighted by molar-refractivity contribution is -0.133. The fourth-order valence-electron chi connectivity index (χ4n) is 0.911. The van der Waals surface area contributed by atoms with E-state index in [0.29, 0.717) is 5.75 Å². The van der Waals surface area contributed by atoms with Crippen molar-refractivity contribution >= 4 is 49.6 Å². The van der Waals surface area contributed by atoms with Crippen LogP contribution in [0, 0.1) is 0 Å². The highest BCUT2D eigenvalue weighted by Gasteiger charge is 2.05. The fraction of sp³-hybridized carbons (Fsp3) is 0.222. The third kappa shape index (κ3) is 3.63. The van der Waals surface area contributed by atoms with Gasteiger partial charge in [-0.3, -0.25) is 4.79 Å². The molecular weight excluding hydrogens is 332 g/mol. The zero-order chi connectivity index (χ0) is 10.6. The number of carboxylic acid groups (broad SMARTS) is 1. The largest absolute Gasteiger partial charge is 0.481 e. The van der Waals surface area contributed by atoms with Crippen LogP contribution in [-0.2, 0) is 10.5 Å². The van der Waals surface area contributed by atoms with Crippen molar-refractivity contribution in [3.8, 4) is 0 Å². The summed E-state index contributed by atoms with van der Waals surface area (Å²) in [6.07, 6.45) is 0. The van der Waals surface area contributed by atoms with E-state index in [1.54, 1.807) is 0 Å². The van der Waals surface area contributed by atoms with E-state index < -0.39 is 5.97 Å². The molecule has 5 heteroatoms. The Kier molecular flexibility index (Phi) is 4.98. The van der Waals surface area contributed by atoms with Gasteiger partial charge in [-0.15, -0.1) is 11.8 Å². The van der Waals surface area contributed by atoms with Crippen LogP contribution in [0.25, 0.3) is 0 Å². The molecule has 2 nitrogen and oxygen atoms in total. The summed E-state index contributed by atoms with van der Waals surface area (Å²) in [6, 6.07) is 5.82. The molecule has 0 bridgehead atoms. The molecule has 1 N–H and O–H groups in total. The van der Waals surface area contributed by atoms with Crippen molar-refractivity contribution in [2.75, 3.05) is 5.75 Å². The summed E-state index contributed by atoms with van der Waals surface area (Å²) >= 11 is 8.23. The summed E-state index contributed by atoms with van der Waals surface area (Å²) in [6.45, 7) is 0. The molecule has 0 radical (unpaired) electrons. The van der Waals surface area contributed by atoms with Gasteiger partial charge in [-0.05, 0) is 17.7 Å². The Bertz CT molecular complexity index is 321. The number of benzene rings is 1. The molecule has 76 valence electrons. The van der Waals surface area contributed by atoms with Crippen LogP contribution < -0.4 is 0 Å². The Morgan fingerprint density at radius 3 is 2.43 bits per heavy atom. The van der Waals surface area contributed by atoms with Crippen LogP contribution in [0.2, 0.25) is 0 Å². The van der Waals surface area contributed by atoms with E-state index in [1.165, 1.54) is 11.8 Å². The number of rotatable bonds is 4. The van der Waals surface area contributed by atoms with Gasteiger partial charge in [0.2, 0.25) is 0 Å². The minimum atomic E-state index is -0.779. The molecule has 0 amide bonds. The van der Waals surface area contributed by atoms with Gasteiger partial charge in [-0.25, -0.2) is 0 Å². The Labute approximate surface area is 103 Å². The number of hydrogen-bond acceptors (Lipinski definition) is 2. The normalized spacial score (nSPS) is 10.1. The van der Waals surface area contributed by atoms with Gasteiger partial charge < -0.3 is 5.11 Å². The minimum Gasteiger partial charge on any atom is -0.481 e. The molecular formula is C9H8Br2O2S. The Morgan fingerprint density at radius 1 is 1.36 bits per heavy atom. The Balaban J connectivity index is 2.62. The molecule has 0 unspecified atom stereocenters. The number of hydrogen-bond donors (Lipinski definition) is 1. The van der Waals surface area contributed by atoms with E-state index in [2.05, 4.69) is 31.9 Å². The number of halogens is 2. The van der Waals surface area contributed by atoms with Gasteiger partial charge in [-0.1, -0.05) is 37.9 Å². The Hall–Kier alpha value is -0.000000000000000111. The highest BCUT2D eigenvalue weighted by atomic mass is 79.9. The molecule has 0 aromatic heterocycles. The summed E-state index contributed by atoms with van der Waals surface area (Å²) in [7, 11) is 0. The maximum absolute atomic E-state index is 10.3. The number of carboxylic acids is 1. The van der Waals surface area contributed by atoms with E-state index >= 15 is 0 Å². The molecule has 0 aliphatic carbocycles. The third-order valence-corrected chi connectivity index (χ3v) is 3.96. The summed E-state index contributed by atoms with van der Waals surface area (Å²) in [5.41, 5.74) is 1.10. The predicted molar refractivity (Wildman–Crippen MR) is 65.6 cm³/mol. The SMILES string of the molecule is O=C(O)CSCc1c(Br)cccc1Br. The van der Waals surface area contributed by atoms with Gasteiger partial charge in [0, 0.05) is 14.7 Å². The second-order valence-corrected chi connectivity index (χ2v) is 5.28. The van der Waals surface area contributed by atoms with Crippen molar-refractivity contribution in [1.82, 2.24) is 0 Å². The van der Waals surface area contributed by atoms with Crippen LogP contribution in [0.4, 0.5) is 0 Å². The lowest BCUT2D eigenvalue weighted by Gasteiger charge is -2.05. The van der Waals surface area contributed by atoms with Crippen molar-refractivity contribution in [3.63, 3.8) is 0 Å². The molecule has 0 spiro atoms. The second-order valence-electron chi connectivity index (χ2n) is 2.59. The first kappa shape index (κ1) is 12.1. The van der Waals surface area contributed by atoms with Crippen LogP contribution in [-0.4, -0.2) is 16.8 Å². The monoisotopic (exact) mass is 338 g/mol. The molecule has 0 fully saturated rings. The van der Waals surface area contributed by atoms with Gasteiger partial charge in [0.05, 0.1) is 5.75 Å². The van der Waals surface area contributed by atoms with Crippen LogP contribution in [0.3, 0.4) is 0 Å². The van der Waals surface area contributed by atoms with Crippen molar-refractivity contribution in [2.24, 2.45) is 0 Å². The average molecular weight is 340 g/mol. The average Bonchev–Trinajstić information content (AvgIpc) is 2.09. The highest BCUT2D eigenvalue weighted by Crippen LogP contribution is 2.28. The van der Waals surface area contributed by atoms with Gasteiger partial charge in [0.25, 0.3) is 0 Å². The summed E-state index contributed by atoms with van der Waals surface area (Å²) in [4.78, 5) is 10.3. The van der Waals surface area contributed by atoms with Gasteiger partial charge in [0.1, 0.15) is 0 Å². The maximum Gasteiger partial charge on any atom is 0.313 e. The molecule has 0 atom stereocenters. The number of aliphatic carboxylic acids is 1. The van der Waals surface area contributed by atoms with E-state index in [9.17, 15) is 4.79 Å². The van der Waals surface area contributed by atoms with Crippen molar-refractivity contribution in [3.05, 3.63) is 32.7 Å². The quantitative estimate of drug-likeness (QED) is 0.911. The predicted octanol–water partition coefficient (Wildman–Crippen LogP) is 3.53. The molecule has 0 heterocycles. The van der Waals surface area contributed by atoms with Gasteiger partial charge in [0.15, 0.2) is 0 Å². The lowest BCUT2D eigenvalue weighted by Crippen LogP contribution is -1.98. The molecule has 0 saturated heterocycles. The molecule has 0 aliphatic rings. The summed E-state index contributed by atoms with van der Waals surface area (Å²) < 4.78 is 2.01. The molecule has 0 saturated carbocycles. The zero-order valence-corrected chi connectivity index (χ0v) is 11.2. The molecule has 1 aromatic carbocycles. The van der Waals surface area contributed by atoms with Crippen LogP contribution >= 0.6 is 43.6 Å². The van der Waals surface area contributed by atoms with E-state index in [-0.39, 0.29) is 5.75 Å².